The van der Waals surface area contributed by atoms with Crippen molar-refractivity contribution in [2.24, 2.45) is 0 Å². The Morgan fingerprint density at radius 2 is 1.77 bits per heavy atom. The molecule has 0 radical (unpaired) electrons. The van der Waals surface area contributed by atoms with Crippen molar-refractivity contribution in [3.05, 3.63) is 83.4 Å². The molecule has 2 aliphatic heterocycles. The molecular weight excluding hydrogens is 460 g/mol. The number of nitrogens with zero attached hydrogens (tertiary/aromatic N) is 2. The van der Waals surface area contributed by atoms with Gasteiger partial charge in [-0.2, -0.15) is 0 Å². The molecule has 1 unspecified atom stereocenters. The number of benzene rings is 3. The Balaban J connectivity index is 1.60. The molecule has 0 spiro atoms. The highest BCUT2D eigenvalue weighted by Crippen LogP contribution is 2.43. The molecule has 3 aromatic carbocycles. The molecule has 2 amide bonds. The van der Waals surface area contributed by atoms with Crippen LogP contribution < -0.4 is 9.80 Å². The van der Waals surface area contributed by atoms with Crippen LogP contribution in [0.1, 0.15) is 46.5 Å². The number of aryl methyl sites for hydroxylation is 1. The fourth-order valence-corrected chi connectivity index (χ4v) is 5.75. The summed E-state index contributed by atoms with van der Waals surface area (Å²) in [6.07, 6.45) is 1.79. The zero-order valence-corrected chi connectivity index (χ0v) is 20.5. The first-order valence-corrected chi connectivity index (χ1v) is 12.6. The summed E-state index contributed by atoms with van der Waals surface area (Å²) >= 11 is 1.46. The molecule has 0 bridgehead atoms. The van der Waals surface area contributed by atoms with Gasteiger partial charge in [0.05, 0.1) is 23.4 Å². The number of anilines is 2. The molecule has 0 saturated carbocycles. The van der Waals surface area contributed by atoms with Gasteiger partial charge in [0.15, 0.2) is 0 Å². The minimum absolute atomic E-state index is 0.151. The van der Waals surface area contributed by atoms with Crippen molar-refractivity contribution in [2.45, 2.75) is 42.5 Å². The second-order valence-electron chi connectivity index (χ2n) is 8.57. The van der Waals surface area contributed by atoms with E-state index in [9.17, 15) is 14.4 Å². The Labute approximate surface area is 208 Å². The number of hydrogen-bond acceptors (Lipinski definition) is 5. The smallest absolute Gasteiger partial charge is 0.338 e. The monoisotopic (exact) mass is 486 g/mol. The van der Waals surface area contributed by atoms with Gasteiger partial charge in [-0.1, -0.05) is 42.1 Å². The number of rotatable bonds is 4. The second-order valence-corrected chi connectivity index (χ2v) is 9.66. The number of para-hydroxylation sites is 1. The van der Waals surface area contributed by atoms with Crippen LogP contribution in [-0.2, 0) is 16.0 Å². The number of amides is 2. The standard InChI is InChI=1S/C28H26N2O4S/c1-3-34-28(33)20-14-15-25-23(17-20)30(27(32)21-11-5-7-13-24(21)35-25)18(2)26(31)29-16-8-10-19-9-4-6-12-22(19)29/h4-7,9,11-15,17-18H,3,8,10,16H2,1-2H3. The van der Waals surface area contributed by atoms with E-state index in [0.29, 0.717) is 23.4 Å². The lowest BCUT2D eigenvalue weighted by Crippen LogP contribution is -2.51. The summed E-state index contributed by atoms with van der Waals surface area (Å²) < 4.78 is 5.19. The summed E-state index contributed by atoms with van der Waals surface area (Å²) in [6.45, 7) is 4.36. The lowest BCUT2D eigenvalue weighted by atomic mass is 10.0. The van der Waals surface area contributed by atoms with Gasteiger partial charge in [-0.15, -0.1) is 0 Å². The molecule has 5 rings (SSSR count). The maximum Gasteiger partial charge on any atom is 0.338 e. The Bertz CT molecular complexity index is 1320. The minimum Gasteiger partial charge on any atom is -0.462 e. The van der Waals surface area contributed by atoms with Gasteiger partial charge in [-0.25, -0.2) is 4.79 Å². The topological polar surface area (TPSA) is 66.9 Å². The highest BCUT2D eigenvalue weighted by Gasteiger charge is 2.37. The number of fused-ring (bicyclic) bond motifs is 3. The molecule has 1 atom stereocenters. The van der Waals surface area contributed by atoms with E-state index in [1.165, 1.54) is 16.7 Å². The van der Waals surface area contributed by atoms with Crippen molar-refractivity contribution in [3.8, 4) is 0 Å². The molecule has 0 fully saturated rings. The van der Waals surface area contributed by atoms with Crippen LogP contribution in [0, 0.1) is 0 Å². The van der Waals surface area contributed by atoms with Crippen molar-refractivity contribution in [1.29, 1.82) is 0 Å². The first-order chi connectivity index (χ1) is 17.0. The van der Waals surface area contributed by atoms with Gasteiger partial charge in [-0.05, 0) is 68.7 Å². The molecule has 35 heavy (non-hydrogen) atoms. The molecule has 3 aromatic rings. The van der Waals surface area contributed by atoms with Crippen LogP contribution in [0.2, 0.25) is 0 Å². The summed E-state index contributed by atoms with van der Waals surface area (Å²) in [5.41, 5.74) is 3.44. The Hall–Kier alpha value is -3.58. The SMILES string of the molecule is CCOC(=O)c1ccc2c(c1)N(C(C)C(=O)N1CCCc3ccccc31)C(=O)c1ccccc1S2. The molecule has 0 N–H and O–H groups in total. The normalized spacial score (nSPS) is 15.4. The number of esters is 1. The first-order valence-electron chi connectivity index (χ1n) is 11.8. The van der Waals surface area contributed by atoms with E-state index < -0.39 is 12.0 Å². The summed E-state index contributed by atoms with van der Waals surface area (Å²) in [5.74, 6) is -0.875. The number of hydrogen-bond donors (Lipinski definition) is 0. The van der Waals surface area contributed by atoms with E-state index in [-0.39, 0.29) is 18.4 Å². The third-order valence-corrected chi connectivity index (χ3v) is 7.55. The average Bonchev–Trinajstić information content (AvgIpc) is 3.01. The average molecular weight is 487 g/mol. The molecule has 0 saturated heterocycles. The summed E-state index contributed by atoms with van der Waals surface area (Å²) in [7, 11) is 0. The predicted molar refractivity (Wildman–Crippen MR) is 136 cm³/mol. The van der Waals surface area contributed by atoms with Gasteiger partial charge in [0.1, 0.15) is 6.04 Å². The van der Waals surface area contributed by atoms with E-state index in [4.69, 9.17) is 4.74 Å². The molecular formula is C28H26N2O4S. The van der Waals surface area contributed by atoms with Crippen molar-refractivity contribution in [1.82, 2.24) is 0 Å². The maximum absolute atomic E-state index is 13.9. The van der Waals surface area contributed by atoms with Crippen LogP contribution in [0.5, 0.6) is 0 Å². The van der Waals surface area contributed by atoms with Gasteiger partial charge < -0.3 is 9.64 Å². The van der Waals surface area contributed by atoms with Gasteiger partial charge in [-0.3, -0.25) is 14.5 Å². The summed E-state index contributed by atoms with van der Waals surface area (Å²) in [6, 6.07) is 19.7. The molecule has 0 aromatic heterocycles. The second kappa shape index (κ2) is 9.58. The minimum atomic E-state index is -0.781. The van der Waals surface area contributed by atoms with Gasteiger partial charge in [0.25, 0.3) is 5.91 Å². The number of ether oxygens (including phenoxy) is 1. The molecule has 2 aliphatic rings. The van der Waals surface area contributed by atoms with Crippen molar-refractivity contribution in [2.75, 3.05) is 23.0 Å². The fraction of sp³-hybridized carbons (Fsp3) is 0.250. The molecule has 2 heterocycles. The summed E-state index contributed by atoms with van der Waals surface area (Å²) in [5, 5.41) is 0. The lowest BCUT2D eigenvalue weighted by molar-refractivity contribution is -0.119. The van der Waals surface area contributed by atoms with Crippen LogP contribution in [0.3, 0.4) is 0 Å². The van der Waals surface area contributed by atoms with Crippen LogP contribution in [0.25, 0.3) is 0 Å². The van der Waals surface area contributed by atoms with Crippen molar-refractivity contribution in [3.63, 3.8) is 0 Å². The van der Waals surface area contributed by atoms with Crippen molar-refractivity contribution < 1.29 is 19.1 Å². The van der Waals surface area contributed by atoms with Crippen LogP contribution in [0.4, 0.5) is 11.4 Å². The Morgan fingerprint density at radius 3 is 2.60 bits per heavy atom. The highest BCUT2D eigenvalue weighted by molar-refractivity contribution is 7.99. The molecule has 0 aliphatic carbocycles. The summed E-state index contributed by atoms with van der Waals surface area (Å²) in [4.78, 5) is 45.2. The Morgan fingerprint density at radius 1 is 1.00 bits per heavy atom. The third-order valence-electron chi connectivity index (χ3n) is 6.41. The zero-order chi connectivity index (χ0) is 24.5. The lowest BCUT2D eigenvalue weighted by Gasteiger charge is -2.35. The van der Waals surface area contributed by atoms with Crippen LogP contribution in [0.15, 0.2) is 76.5 Å². The fourth-order valence-electron chi connectivity index (χ4n) is 4.71. The van der Waals surface area contributed by atoms with Gasteiger partial charge in [0.2, 0.25) is 5.91 Å². The van der Waals surface area contributed by atoms with E-state index >= 15 is 0 Å². The first kappa shape index (κ1) is 23.2. The third kappa shape index (κ3) is 4.21. The molecule has 178 valence electrons. The van der Waals surface area contributed by atoms with E-state index in [1.807, 2.05) is 48.5 Å². The van der Waals surface area contributed by atoms with E-state index in [2.05, 4.69) is 0 Å². The number of carbonyl (C=O) groups is 3. The van der Waals surface area contributed by atoms with Crippen LogP contribution >= 0.6 is 11.8 Å². The van der Waals surface area contributed by atoms with Crippen molar-refractivity contribution >= 4 is 40.9 Å². The highest BCUT2D eigenvalue weighted by atomic mass is 32.2. The molecule has 6 nitrogen and oxygen atoms in total. The largest absolute Gasteiger partial charge is 0.462 e. The van der Waals surface area contributed by atoms with Crippen LogP contribution in [-0.4, -0.2) is 37.0 Å². The molecule has 7 heteroatoms. The zero-order valence-electron chi connectivity index (χ0n) is 19.7. The van der Waals surface area contributed by atoms with E-state index in [1.54, 1.807) is 36.9 Å². The van der Waals surface area contributed by atoms with Gasteiger partial charge >= 0.3 is 5.97 Å². The maximum atomic E-state index is 13.9. The quantitative estimate of drug-likeness (QED) is 0.466. The number of carbonyl (C=O) groups excluding carboxylic acids is 3. The van der Waals surface area contributed by atoms with E-state index in [0.717, 1.165) is 33.9 Å². The van der Waals surface area contributed by atoms with Gasteiger partial charge in [0, 0.05) is 22.0 Å². The predicted octanol–water partition coefficient (Wildman–Crippen LogP) is 5.34. The Kier molecular flexibility index (Phi) is 6.34.